The zero-order valence-electron chi connectivity index (χ0n) is 10.0. The molecule has 0 aliphatic rings. The first kappa shape index (κ1) is 13.7. The van der Waals surface area contributed by atoms with Gasteiger partial charge in [-0.15, -0.1) is 11.3 Å². The zero-order valence-corrected chi connectivity index (χ0v) is 11.7. The molecule has 0 fully saturated rings. The molecule has 19 heavy (non-hydrogen) atoms. The van der Waals surface area contributed by atoms with Gasteiger partial charge in [0.2, 0.25) is 5.01 Å². The number of aromatic nitrogens is 1. The molecule has 1 aromatic carbocycles. The van der Waals surface area contributed by atoms with Crippen LogP contribution < -0.4 is 0 Å². The van der Waals surface area contributed by atoms with E-state index in [4.69, 9.17) is 5.11 Å². The Labute approximate surface area is 114 Å². The van der Waals surface area contributed by atoms with Crippen molar-refractivity contribution >= 4 is 27.1 Å². The van der Waals surface area contributed by atoms with Crippen LogP contribution in [0.15, 0.2) is 34.5 Å². The monoisotopic (exact) mass is 297 g/mol. The van der Waals surface area contributed by atoms with Crippen molar-refractivity contribution < 1.29 is 18.3 Å². The summed E-state index contributed by atoms with van der Waals surface area (Å²) >= 11 is 0.922. The molecule has 0 amide bonds. The van der Waals surface area contributed by atoms with Crippen molar-refractivity contribution in [3.63, 3.8) is 0 Å². The van der Waals surface area contributed by atoms with Crippen LogP contribution in [0.3, 0.4) is 0 Å². The van der Waals surface area contributed by atoms with Gasteiger partial charge in [-0.1, -0.05) is 12.1 Å². The van der Waals surface area contributed by atoms with E-state index in [2.05, 4.69) is 4.98 Å². The van der Waals surface area contributed by atoms with E-state index in [1.165, 1.54) is 11.4 Å². The number of sulfone groups is 1. The maximum absolute atomic E-state index is 12.2. The Kier molecular flexibility index (Phi) is 3.68. The average Bonchev–Trinajstić information content (AvgIpc) is 2.77. The van der Waals surface area contributed by atoms with Gasteiger partial charge >= 0.3 is 5.97 Å². The highest BCUT2D eigenvalue weighted by atomic mass is 32.2. The second kappa shape index (κ2) is 5.10. The molecule has 2 rings (SSSR count). The van der Waals surface area contributed by atoms with Crippen LogP contribution in [-0.2, 0) is 15.6 Å². The molecule has 0 spiro atoms. The number of carboxylic acid groups (broad SMARTS) is 1. The van der Waals surface area contributed by atoms with Gasteiger partial charge in [0.1, 0.15) is 0 Å². The molecule has 0 aliphatic carbocycles. The first-order chi connectivity index (χ1) is 8.88. The molecular formula is C12H11NO4S2. The number of rotatable bonds is 4. The van der Waals surface area contributed by atoms with E-state index >= 15 is 0 Å². The van der Waals surface area contributed by atoms with Crippen LogP contribution in [0.5, 0.6) is 0 Å². The van der Waals surface area contributed by atoms with Crippen LogP contribution in [0.25, 0.3) is 0 Å². The summed E-state index contributed by atoms with van der Waals surface area (Å²) in [5, 5.41) is 10.1. The first-order valence-corrected chi connectivity index (χ1v) is 7.89. The maximum atomic E-state index is 12.2. The van der Waals surface area contributed by atoms with Gasteiger partial charge in [-0.2, -0.15) is 0 Å². The molecule has 0 aliphatic heterocycles. The Morgan fingerprint density at radius 1 is 1.42 bits per heavy atom. The Morgan fingerprint density at radius 2 is 2.16 bits per heavy atom. The van der Waals surface area contributed by atoms with E-state index in [1.807, 2.05) is 13.0 Å². The molecule has 0 radical (unpaired) electrons. The minimum atomic E-state index is -3.50. The Bertz CT molecular complexity index is 719. The van der Waals surface area contributed by atoms with Crippen LogP contribution in [0, 0.1) is 6.92 Å². The van der Waals surface area contributed by atoms with Crippen molar-refractivity contribution in [3.05, 3.63) is 45.9 Å². The SMILES string of the molecule is Cc1cccc(S(=O)(=O)Cc2csc(C(=O)O)n2)c1. The van der Waals surface area contributed by atoms with Gasteiger partial charge in [0.25, 0.3) is 0 Å². The summed E-state index contributed by atoms with van der Waals surface area (Å²) < 4.78 is 24.3. The smallest absolute Gasteiger partial charge is 0.365 e. The lowest BCUT2D eigenvalue weighted by atomic mass is 10.2. The molecule has 7 heteroatoms. The third-order valence-electron chi connectivity index (χ3n) is 2.42. The van der Waals surface area contributed by atoms with Gasteiger partial charge in [-0.25, -0.2) is 18.2 Å². The minimum Gasteiger partial charge on any atom is -0.476 e. The van der Waals surface area contributed by atoms with Gasteiger partial charge in [0, 0.05) is 5.38 Å². The normalized spacial score (nSPS) is 11.4. The number of benzene rings is 1. The summed E-state index contributed by atoms with van der Waals surface area (Å²) in [5.74, 6) is -1.44. The number of carbonyl (C=O) groups is 1. The highest BCUT2D eigenvalue weighted by Crippen LogP contribution is 2.19. The van der Waals surface area contributed by atoms with E-state index in [0.29, 0.717) is 0 Å². The minimum absolute atomic E-state index is 0.102. The third-order valence-corrected chi connectivity index (χ3v) is 4.95. The topological polar surface area (TPSA) is 84.3 Å². The second-order valence-electron chi connectivity index (χ2n) is 4.02. The Hall–Kier alpha value is -1.73. The van der Waals surface area contributed by atoms with Crippen molar-refractivity contribution in [1.29, 1.82) is 0 Å². The number of hydrogen-bond acceptors (Lipinski definition) is 5. The van der Waals surface area contributed by atoms with Crippen molar-refractivity contribution in [3.8, 4) is 0 Å². The van der Waals surface area contributed by atoms with Gasteiger partial charge in [0.15, 0.2) is 9.84 Å². The molecular weight excluding hydrogens is 286 g/mol. The Balaban J connectivity index is 2.28. The van der Waals surface area contributed by atoms with E-state index in [-0.39, 0.29) is 21.3 Å². The molecule has 1 heterocycles. The lowest BCUT2D eigenvalue weighted by Crippen LogP contribution is -2.06. The number of nitrogens with zero attached hydrogens (tertiary/aromatic N) is 1. The van der Waals surface area contributed by atoms with E-state index in [0.717, 1.165) is 16.9 Å². The number of thiazole rings is 1. The first-order valence-electron chi connectivity index (χ1n) is 5.35. The van der Waals surface area contributed by atoms with Gasteiger partial charge in [-0.3, -0.25) is 0 Å². The Morgan fingerprint density at radius 3 is 2.74 bits per heavy atom. The van der Waals surface area contributed by atoms with Gasteiger partial charge in [0.05, 0.1) is 16.3 Å². The highest BCUT2D eigenvalue weighted by molar-refractivity contribution is 7.90. The fraction of sp³-hybridized carbons (Fsp3) is 0.167. The summed E-state index contributed by atoms with van der Waals surface area (Å²) in [7, 11) is -3.50. The highest BCUT2D eigenvalue weighted by Gasteiger charge is 2.18. The molecule has 2 aromatic rings. The van der Waals surface area contributed by atoms with Crippen molar-refractivity contribution in [2.45, 2.75) is 17.6 Å². The van der Waals surface area contributed by atoms with Crippen LogP contribution in [0.4, 0.5) is 0 Å². The average molecular weight is 297 g/mol. The van der Waals surface area contributed by atoms with E-state index in [1.54, 1.807) is 12.1 Å². The zero-order chi connectivity index (χ0) is 14.0. The molecule has 5 nitrogen and oxygen atoms in total. The number of carboxylic acids is 1. The van der Waals surface area contributed by atoms with Crippen molar-refractivity contribution in [1.82, 2.24) is 4.98 Å². The molecule has 0 atom stereocenters. The lowest BCUT2D eigenvalue weighted by molar-refractivity contribution is 0.0696. The predicted octanol–water partition coefficient (Wildman–Crippen LogP) is 2.12. The van der Waals surface area contributed by atoms with Crippen molar-refractivity contribution in [2.75, 3.05) is 0 Å². The quantitative estimate of drug-likeness (QED) is 0.934. The summed E-state index contributed by atoms with van der Waals surface area (Å²) in [6.07, 6.45) is 0. The van der Waals surface area contributed by atoms with Crippen molar-refractivity contribution in [2.24, 2.45) is 0 Å². The molecule has 0 saturated heterocycles. The summed E-state index contributed by atoms with van der Waals surface area (Å²) in [4.78, 5) is 14.7. The van der Waals surface area contributed by atoms with E-state index < -0.39 is 15.8 Å². The molecule has 100 valence electrons. The fourth-order valence-corrected chi connectivity index (χ4v) is 3.67. The standard InChI is InChI=1S/C12H11NO4S2/c1-8-3-2-4-10(5-8)19(16,17)7-9-6-18-11(13-9)12(14)15/h2-6H,7H2,1H3,(H,14,15). The number of hydrogen-bond donors (Lipinski definition) is 1. The molecule has 1 aromatic heterocycles. The number of aryl methyl sites for hydroxylation is 1. The fourth-order valence-electron chi connectivity index (χ4n) is 1.56. The summed E-state index contributed by atoms with van der Waals surface area (Å²) in [6, 6.07) is 6.59. The van der Waals surface area contributed by atoms with Gasteiger partial charge in [-0.05, 0) is 24.6 Å². The largest absolute Gasteiger partial charge is 0.476 e. The van der Waals surface area contributed by atoms with E-state index in [9.17, 15) is 13.2 Å². The molecule has 0 saturated carbocycles. The molecule has 1 N–H and O–H groups in total. The maximum Gasteiger partial charge on any atom is 0.365 e. The third kappa shape index (κ3) is 3.18. The molecule has 0 unspecified atom stereocenters. The predicted molar refractivity (Wildman–Crippen MR) is 71.1 cm³/mol. The summed E-state index contributed by atoms with van der Waals surface area (Å²) in [5.41, 5.74) is 1.11. The van der Waals surface area contributed by atoms with Crippen LogP contribution in [0.1, 0.15) is 21.1 Å². The lowest BCUT2D eigenvalue weighted by Gasteiger charge is -2.03. The van der Waals surface area contributed by atoms with Crippen LogP contribution in [0.2, 0.25) is 0 Å². The summed E-state index contributed by atoms with van der Waals surface area (Å²) in [6.45, 7) is 1.81. The number of aromatic carboxylic acids is 1. The van der Waals surface area contributed by atoms with Gasteiger partial charge < -0.3 is 5.11 Å². The van der Waals surface area contributed by atoms with Crippen LogP contribution >= 0.6 is 11.3 Å². The molecule has 0 bridgehead atoms. The van der Waals surface area contributed by atoms with Crippen LogP contribution in [-0.4, -0.2) is 24.5 Å². The second-order valence-corrected chi connectivity index (χ2v) is 6.87.